The van der Waals surface area contributed by atoms with Crippen molar-refractivity contribution in [3.8, 4) is 5.75 Å². The fraction of sp³-hybridized carbons (Fsp3) is 0.353. The van der Waals surface area contributed by atoms with Gasteiger partial charge in [-0.15, -0.1) is 0 Å². The predicted molar refractivity (Wildman–Crippen MR) is 88.3 cm³/mol. The topological polar surface area (TPSA) is 81.4 Å². The Labute approximate surface area is 140 Å². The lowest BCUT2D eigenvalue weighted by Crippen LogP contribution is -2.21. The number of nitrogens with zero attached hydrogens (tertiary/aromatic N) is 1. The molecule has 1 N–H and O–H groups in total. The van der Waals surface area contributed by atoms with Crippen LogP contribution in [0.1, 0.15) is 18.6 Å². The van der Waals surface area contributed by atoms with Gasteiger partial charge in [-0.3, -0.25) is 4.72 Å². The Morgan fingerprint density at radius 2 is 2.00 bits per heavy atom. The normalized spacial score (nSPS) is 25.1. The molecule has 24 heavy (non-hydrogen) atoms. The molecule has 1 aromatic carbocycles. The number of ether oxygens (including phenoxy) is 1. The molecule has 3 atom stereocenters. The van der Waals surface area contributed by atoms with Crippen LogP contribution >= 0.6 is 0 Å². The minimum Gasteiger partial charge on any atom is -0.490 e. The van der Waals surface area contributed by atoms with Crippen LogP contribution in [-0.2, 0) is 10.0 Å². The maximum absolute atomic E-state index is 12.3. The van der Waals surface area contributed by atoms with Gasteiger partial charge in [0.25, 0.3) is 10.0 Å². The van der Waals surface area contributed by atoms with Crippen LogP contribution in [0.5, 0.6) is 5.75 Å². The highest BCUT2D eigenvalue weighted by Gasteiger charge is 2.37. The number of benzene rings is 1. The molecule has 0 radical (unpaired) electrons. The summed E-state index contributed by atoms with van der Waals surface area (Å²) in [6.45, 7) is 1.70. The average Bonchev–Trinajstić information content (AvgIpc) is 3.25. The van der Waals surface area contributed by atoms with Gasteiger partial charge in [0.2, 0.25) is 0 Å². The monoisotopic (exact) mass is 346 g/mol. The smallest absolute Gasteiger partial charge is 0.263 e. The van der Waals surface area contributed by atoms with Crippen molar-refractivity contribution in [1.29, 1.82) is 0 Å². The molecule has 1 unspecified atom stereocenters. The highest BCUT2D eigenvalue weighted by molar-refractivity contribution is 7.92. The number of fused-ring (bicyclic) bond motifs is 2. The summed E-state index contributed by atoms with van der Waals surface area (Å²) < 4.78 is 37.9. The van der Waals surface area contributed by atoms with Crippen LogP contribution in [0.25, 0.3) is 0 Å². The van der Waals surface area contributed by atoms with E-state index in [1.165, 1.54) is 18.2 Å². The number of sulfonamides is 1. The summed E-state index contributed by atoms with van der Waals surface area (Å²) in [4.78, 5) is 0.156. The summed E-state index contributed by atoms with van der Waals surface area (Å²) in [7, 11) is -3.69. The highest BCUT2D eigenvalue weighted by atomic mass is 32.2. The molecule has 0 saturated heterocycles. The maximum Gasteiger partial charge on any atom is 0.263 e. The zero-order chi connectivity index (χ0) is 16.7. The van der Waals surface area contributed by atoms with E-state index in [1.54, 1.807) is 19.1 Å². The van der Waals surface area contributed by atoms with E-state index in [-0.39, 0.29) is 16.8 Å². The molecule has 1 saturated carbocycles. The van der Waals surface area contributed by atoms with Crippen molar-refractivity contribution in [2.45, 2.75) is 30.8 Å². The van der Waals surface area contributed by atoms with Gasteiger partial charge in [0.1, 0.15) is 17.6 Å². The summed E-state index contributed by atoms with van der Waals surface area (Å²) in [5.41, 5.74) is 0. The first-order valence-corrected chi connectivity index (χ1v) is 9.39. The van der Waals surface area contributed by atoms with Gasteiger partial charge in [-0.05, 0) is 49.9 Å². The van der Waals surface area contributed by atoms with Gasteiger partial charge in [0.05, 0.1) is 4.90 Å². The van der Waals surface area contributed by atoms with E-state index in [0.717, 1.165) is 12.8 Å². The molecule has 2 aliphatic rings. The molecule has 0 spiro atoms. The third kappa shape index (κ3) is 2.91. The Balaban J connectivity index is 1.46. The van der Waals surface area contributed by atoms with E-state index in [0.29, 0.717) is 23.3 Å². The van der Waals surface area contributed by atoms with Crippen molar-refractivity contribution in [3.63, 3.8) is 0 Å². The lowest BCUT2D eigenvalue weighted by Gasteiger charge is -2.20. The first-order chi connectivity index (χ1) is 11.5. The third-order valence-electron chi connectivity index (χ3n) is 4.51. The van der Waals surface area contributed by atoms with Crippen LogP contribution in [0.4, 0.5) is 5.82 Å². The molecule has 1 aromatic heterocycles. The molecular formula is C17H18N2O4S. The minimum atomic E-state index is -3.69. The van der Waals surface area contributed by atoms with Gasteiger partial charge in [-0.2, -0.15) is 0 Å². The summed E-state index contributed by atoms with van der Waals surface area (Å²) in [6, 6.07) is 7.98. The number of anilines is 1. The lowest BCUT2D eigenvalue weighted by molar-refractivity contribution is 0.175. The highest BCUT2D eigenvalue weighted by Crippen LogP contribution is 2.41. The molecule has 6 nitrogen and oxygen atoms in total. The van der Waals surface area contributed by atoms with Crippen LogP contribution < -0.4 is 9.46 Å². The molecule has 2 bridgehead atoms. The Bertz CT molecular complexity index is 870. The van der Waals surface area contributed by atoms with Crippen molar-refractivity contribution in [3.05, 3.63) is 48.2 Å². The molecule has 1 heterocycles. The van der Waals surface area contributed by atoms with Gasteiger partial charge in [-0.1, -0.05) is 17.3 Å². The molecule has 1 fully saturated rings. The van der Waals surface area contributed by atoms with Crippen LogP contribution in [0.2, 0.25) is 0 Å². The van der Waals surface area contributed by atoms with E-state index < -0.39 is 10.0 Å². The van der Waals surface area contributed by atoms with E-state index in [9.17, 15) is 8.42 Å². The minimum absolute atomic E-state index is 0.156. The Kier molecular flexibility index (Phi) is 3.60. The van der Waals surface area contributed by atoms with E-state index in [2.05, 4.69) is 22.0 Å². The molecular weight excluding hydrogens is 328 g/mol. The molecule has 0 amide bonds. The van der Waals surface area contributed by atoms with Crippen molar-refractivity contribution in [2.75, 3.05) is 4.72 Å². The number of aromatic nitrogens is 1. The Morgan fingerprint density at radius 3 is 2.58 bits per heavy atom. The molecule has 0 aliphatic heterocycles. The first-order valence-electron chi connectivity index (χ1n) is 7.91. The SMILES string of the molecule is Cc1cc(NS(=O)(=O)c2ccc(O[C@H]3C[C@@H]4C=CC3C4)cc2)no1. The molecule has 126 valence electrons. The molecule has 2 aromatic rings. The number of hydrogen-bond acceptors (Lipinski definition) is 5. The van der Waals surface area contributed by atoms with Crippen molar-refractivity contribution in [1.82, 2.24) is 5.16 Å². The van der Waals surface area contributed by atoms with Gasteiger partial charge in [0.15, 0.2) is 5.82 Å². The van der Waals surface area contributed by atoms with Crippen molar-refractivity contribution in [2.24, 2.45) is 11.8 Å². The summed E-state index contributed by atoms with van der Waals surface area (Å²) in [5, 5.41) is 3.64. The summed E-state index contributed by atoms with van der Waals surface area (Å²) >= 11 is 0. The second-order valence-corrected chi connectivity index (χ2v) is 8.02. The van der Waals surface area contributed by atoms with E-state index >= 15 is 0 Å². The molecule has 2 aliphatic carbocycles. The largest absolute Gasteiger partial charge is 0.490 e. The van der Waals surface area contributed by atoms with E-state index in [1.807, 2.05) is 0 Å². The summed E-state index contributed by atoms with van der Waals surface area (Å²) in [5.74, 6) is 2.51. The predicted octanol–water partition coefficient (Wildman–Crippen LogP) is 3.13. The Morgan fingerprint density at radius 1 is 1.21 bits per heavy atom. The van der Waals surface area contributed by atoms with Gasteiger partial charge >= 0.3 is 0 Å². The lowest BCUT2D eigenvalue weighted by atomic mass is 10.0. The van der Waals surface area contributed by atoms with Crippen LogP contribution in [0.3, 0.4) is 0 Å². The van der Waals surface area contributed by atoms with Crippen LogP contribution in [-0.4, -0.2) is 19.7 Å². The number of hydrogen-bond donors (Lipinski definition) is 1. The molecule has 4 rings (SSSR count). The fourth-order valence-corrected chi connectivity index (χ4v) is 4.33. The first kappa shape index (κ1) is 15.3. The second kappa shape index (κ2) is 5.66. The van der Waals surface area contributed by atoms with Crippen molar-refractivity contribution < 1.29 is 17.7 Å². The maximum atomic E-state index is 12.3. The van der Waals surface area contributed by atoms with Gasteiger partial charge < -0.3 is 9.26 Å². The third-order valence-corrected chi connectivity index (χ3v) is 5.88. The van der Waals surface area contributed by atoms with Crippen molar-refractivity contribution >= 4 is 15.8 Å². The second-order valence-electron chi connectivity index (χ2n) is 6.34. The van der Waals surface area contributed by atoms with Crippen LogP contribution in [0.15, 0.2) is 51.9 Å². The fourth-order valence-electron chi connectivity index (χ4n) is 3.35. The average molecular weight is 346 g/mol. The number of allylic oxidation sites excluding steroid dienone is 1. The summed E-state index contributed by atoms with van der Waals surface area (Å²) in [6.07, 6.45) is 6.88. The zero-order valence-electron chi connectivity index (χ0n) is 13.2. The Hall–Kier alpha value is -2.28. The zero-order valence-corrected chi connectivity index (χ0v) is 14.0. The standard InChI is InChI=1S/C17H18N2O4S/c1-11-8-17(18-23-11)19-24(20,21)15-6-4-14(5-7-15)22-16-10-12-2-3-13(16)9-12/h2-8,12-13,16H,9-10H2,1H3,(H,18,19)/t12-,13?,16+/m1/s1. The number of nitrogens with one attached hydrogen (secondary N) is 1. The van der Waals surface area contributed by atoms with Gasteiger partial charge in [-0.25, -0.2) is 8.42 Å². The number of rotatable bonds is 5. The number of aryl methyl sites for hydroxylation is 1. The quantitative estimate of drug-likeness (QED) is 0.841. The van der Waals surface area contributed by atoms with Crippen LogP contribution in [0, 0.1) is 18.8 Å². The molecule has 7 heteroatoms. The van der Waals surface area contributed by atoms with E-state index in [4.69, 9.17) is 9.26 Å². The van der Waals surface area contributed by atoms with Gasteiger partial charge in [0, 0.05) is 12.0 Å².